The van der Waals surface area contributed by atoms with Gasteiger partial charge in [0.2, 0.25) is 10.0 Å². The highest BCUT2D eigenvalue weighted by Crippen LogP contribution is 2.18. The average molecular weight is 301 g/mol. The van der Waals surface area contributed by atoms with Gasteiger partial charge >= 0.3 is 5.97 Å². The normalized spacial score (nSPS) is 10.9. The second-order valence-corrected chi connectivity index (χ2v) is 5.89. The molecule has 0 saturated heterocycles. The van der Waals surface area contributed by atoms with Gasteiger partial charge < -0.3 is 10.1 Å². The minimum atomic E-state index is -3.52. The minimum absolute atomic E-state index is 0.0819. The Morgan fingerprint density at radius 3 is 2.85 bits per heavy atom. The minimum Gasteiger partial charge on any atom is -0.466 e. The van der Waals surface area contributed by atoms with Crippen LogP contribution in [0, 0.1) is 0 Å². The monoisotopic (exact) mass is 301 g/mol. The number of hydrogen-bond acceptors (Lipinski definition) is 6. The predicted molar refractivity (Wildman–Crippen MR) is 77.1 cm³/mol. The van der Waals surface area contributed by atoms with Gasteiger partial charge in [0.05, 0.1) is 18.0 Å². The van der Waals surface area contributed by atoms with E-state index in [-0.39, 0.29) is 24.6 Å². The number of carbonyl (C=O) groups is 1. The first-order valence-electron chi connectivity index (χ1n) is 6.27. The molecule has 0 saturated carbocycles. The van der Waals surface area contributed by atoms with Crippen molar-refractivity contribution in [2.24, 2.45) is 0 Å². The van der Waals surface area contributed by atoms with Crippen molar-refractivity contribution in [3.05, 3.63) is 18.3 Å². The number of esters is 1. The summed E-state index contributed by atoms with van der Waals surface area (Å²) in [6, 6.07) is 3.46. The van der Waals surface area contributed by atoms with Crippen LogP contribution in [0.2, 0.25) is 0 Å². The Balaban J connectivity index is 2.59. The van der Waals surface area contributed by atoms with Crippen molar-refractivity contribution in [1.29, 1.82) is 0 Å². The number of nitrogens with one attached hydrogen (secondary N) is 2. The zero-order valence-corrected chi connectivity index (χ0v) is 12.4. The van der Waals surface area contributed by atoms with Crippen molar-refractivity contribution in [2.45, 2.75) is 20.3 Å². The van der Waals surface area contributed by atoms with Gasteiger partial charge in [-0.1, -0.05) is 0 Å². The van der Waals surface area contributed by atoms with Gasteiger partial charge in [-0.15, -0.1) is 0 Å². The summed E-state index contributed by atoms with van der Waals surface area (Å²) in [4.78, 5) is 14.6. The van der Waals surface area contributed by atoms with Crippen LogP contribution in [0.5, 0.6) is 0 Å². The van der Waals surface area contributed by atoms with E-state index in [0.29, 0.717) is 12.2 Å². The van der Waals surface area contributed by atoms with E-state index in [2.05, 4.69) is 15.0 Å². The molecule has 112 valence electrons. The molecule has 0 bridgehead atoms. The maximum atomic E-state index is 11.9. The van der Waals surface area contributed by atoms with Crippen LogP contribution in [0.4, 0.5) is 11.5 Å². The lowest BCUT2D eigenvalue weighted by Gasteiger charge is -2.12. The van der Waals surface area contributed by atoms with Crippen molar-refractivity contribution < 1.29 is 17.9 Å². The topological polar surface area (TPSA) is 97.4 Å². The summed E-state index contributed by atoms with van der Waals surface area (Å²) < 4.78 is 30.9. The highest BCUT2D eigenvalue weighted by molar-refractivity contribution is 7.92. The Bertz CT molecular complexity index is 545. The van der Waals surface area contributed by atoms with Crippen molar-refractivity contribution in [3.8, 4) is 0 Å². The fourth-order valence-electron chi connectivity index (χ4n) is 1.48. The summed E-state index contributed by atoms with van der Waals surface area (Å²) in [6.45, 7) is 3.93. The molecule has 0 aliphatic carbocycles. The lowest BCUT2D eigenvalue weighted by atomic mass is 10.4. The van der Waals surface area contributed by atoms with Crippen LogP contribution in [-0.4, -0.2) is 38.3 Å². The first-order valence-corrected chi connectivity index (χ1v) is 7.92. The van der Waals surface area contributed by atoms with Gasteiger partial charge in [-0.3, -0.25) is 9.52 Å². The van der Waals surface area contributed by atoms with Crippen molar-refractivity contribution in [3.63, 3.8) is 0 Å². The molecular weight excluding hydrogens is 282 g/mol. The van der Waals surface area contributed by atoms with Crippen LogP contribution in [0.1, 0.15) is 20.3 Å². The summed E-state index contributed by atoms with van der Waals surface area (Å²) >= 11 is 0. The molecule has 0 aliphatic heterocycles. The number of nitrogens with zero attached hydrogens (tertiary/aromatic N) is 1. The fourth-order valence-corrected chi connectivity index (χ4v) is 2.54. The fraction of sp³-hybridized carbons (Fsp3) is 0.500. The van der Waals surface area contributed by atoms with E-state index in [1.54, 1.807) is 12.1 Å². The highest BCUT2D eigenvalue weighted by Gasteiger charge is 2.13. The van der Waals surface area contributed by atoms with Gasteiger partial charge in [0.25, 0.3) is 0 Å². The van der Waals surface area contributed by atoms with Crippen LogP contribution < -0.4 is 10.0 Å². The number of carbonyl (C=O) groups excluding carboxylic acids is 1. The van der Waals surface area contributed by atoms with Crippen LogP contribution in [0.25, 0.3) is 0 Å². The molecule has 7 nitrogen and oxygen atoms in total. The lowest BCUT2D eigenvalue weighted by molar-refractivity contribution is -0.140. The summed E-state index contributed by atoms with van der Waals surface area (Å²) in [5.74, 6) is -0.293. The van der Waals surface area contributed by atoms with Gasteiger partial charge in [0, 0.05) is 19.7 Å². The first kappa shape index (κ1) is 16.2. The molecule has 0 amide bonds. The third-order valence-corrected chi connectivity index (χ3v) is 3.62. The molecule has 0 aromatic carbocycles. The quantitative estimate of drug-likeness (QED) is 0.553. The number of aromatic nitrogens is 1. The number of hydrogen-bond donors (Lipinski definition) is 2. The van der Waals surface area contributed by atoms with E-state index in [9.17, 15) is 13.2 Å². The molecule has 0 spiro atoms. The summed E-state index contributed by atoms with van der Waals surface area (Å²) in [7, 11) is -3.52. The van der Waals surface area contributed by atoms with Crippen LogP contribution in [0.15, 0.2) is 18.3 Å². The van der Waals surface area contributed by atoms with E-state index in [4.69, 9.17) is 4.74 Å². The Morgan fingerprint density at radius 1 is 1.45 bits per heavy atom. The van der Waals surface area contributed by atoms with Crippen LogP contribution in [0.3, 0.4) is 0 Å². The molecule has 2 N–H and O–H groups in total. The predicted octanol–water partition coefficient (Wildman–Crippen LogP) is 1.21. The van der Waals surface area contributed by atoms with Crippen LogP contribution >= 0.6 is 0 Å². The molecule has 0 fully saturated rings. The molecule has 8 heteroatoms. The molecule has 0 atom stereocenters. The third-order valence-electron chi connectivity index (χ3n) is 2.29. The van der Waals surface area contributed by atoms with Crippen LogP contribution in [-0.2, 0) is 19.6 Å². The highest BCUT2D eigenvalue weighted by atomic mass is 32.2. The lowest BCUT2D eigenvalue weighted by Crippen LogP contribution is -2.20. The Labute approximate surface area is 118 Å². The zero-order chi connectivity index (χ0) is 15.0. The molecule has 0 aliphatic rings. The van der Waals surface area contributed by atoms with E-state index in [1.807, 2.05) is 6.92 Å². The number of ether oxygens (including phenoxy) is 1. The number of rotatable bonds is 8. The van der Waals surface area contributed by atoms with Gasteiger partial charge in [-0.05, 0) is 25.5 Å². The summed E-state index contributed by atoms with van der Waals surface area (Å²) in [6.07, 6.45) is 1.75. The molecule has 0 unspecified atom stereocenters. The summed E-state index contributed by atoms with van der Waals surface area (Å²) in [5, 5.41) is 3.02. The first-order chi connectivity index (χ1) is 9.44. The Hall–Kier alpha value is -1.83. The summed E-state index contributed by atoms with van der Waals surface area (Å²) in [5.41, 5.74) is 0.624. The maximum Gasteiger partial charge on any atom is 0.302 e. The van der Waals surface area contributed by atoms with Gasteiger partial charge in [-0.2, -0.15) is 0 Å². The van der Waals surface area contributed by atoms with Crippen molar-refractivity contribution >= 4 is 27.5 Å². The zero-order valence-electron chi connectivity index (χ0n) is 11.5. The molecule has 1 aromatic rings. The van der Waals surface area contributed by atoms with Gasteiger partial charge in [0.1, 0.15) is 0 Å². The maximum absolute atomic E-state index is 11.9. The van der Waals surface area contributed by atoms with Crippen molar-refractivity contribution in [1.82, 2.24) is 4.98 Å². The molecule has 20 heavy (non-hydrogen) atoms. The van der Waals surface area contributed by atoms with E-state index >= 15 is 0 Å². The smallest absolute Gasteiger partial charge is 0.302 e. The standard InChI is InChI=1S/C12H19N3O4S/c1-3-13-11-6-4-7-14-12(11)15-20(17,18)9-5-8-19-10(2)16/h4,6-7,13H,3,5,8-9H2,1-2H3,(H,14,15). The molecule has 0 radical (unpaired) electrons. The number of sulfonamides is 1. The largest absolute Gasteiger partial charge is 0.466 e. The second-order valence-electron chi connectivity index (χ2n) is 4.04. The molecule has 1 rings (SSSR count). The average Bonchev–Trinajstić information content (AvgIpc) is 2.37. The Kier molecular flexibility index (Phi) is 6.23. The SMILES string of the molecule is CCNc1cccnc1NS(=O)(=O)CCCOC(C)=O. The molecule has 1 aromatic heterocycles. The van der Waals surface area contributed by atoms with E-state index in [1.165, 1.54) is 13.1 Å². The van der Waals surface area contributed by atoms with E-state index < -0.39 is 16.0 Å². The van der Waals surface area contributed by atoms with E-state index in [0.717, 1.165) is 0 Å². The number of pyridine rings is 1. The molecular formula is C12H19N3O4S. The Morgan fingerprint density at radius 2 is 2.20 bits per heavy atom. The van der Waals surface area contributed by atoms with Crippen molar-refractivity contribution in [2.75, 3.05) is 28.9 Å². The number of anilines is 2. The second kappa shape index (κ2) is 7.68. The van der Waals surface area contributed by atoms with Gasteiger partial charge in [0.15, 0.2) is 5.82 Å². The molecule has 1 heterocycles. The van der Waals surface area contributed by atoms with Gasteiger partial charge in [-0.25, -0.2) is 13.4 Å². The third kappa shape index (κ3) is 5.87.